The first-order chi connectivity index (χ1) is 44.0. The van der Waals surface area contributed by atoms with E-state index in [1.165, 1.54) is 186 Å². The molecule has 0 radical (unpaired) electrons. The molecule has 0 aromatic rings. The molecule has 0 N–H and O–H groups in total. The number of rotatable bonds is 68. The lowest BCUT2D eigenvalue weighted by Crippen LogP contribution is -2.37. The molecular weight excluding hydrogens is 1130 g/mol. The van der Waals surface area contributed by atoms with Gasteiger partial charge in [-0.05, 0) is 109 Å². The SMILES string of the molecule is CC/C=C\C/C=C\C/C=C\C/C=C\C/C=C\C/C=C\C/C=C\C/C=C\CCCCCCCCCCC(=O)OC(COC(=O)CCCCCCCCCCCCCCCCCCCCCCC/C=C\C/C=C\CCCCCCC)COP(=O)([O-])OCC[N+](C)(C)C. The van der Waals surface area contributed by atoms with Crippen molar-refractivity contribution in [2.75, 3.05) is 47.5 Å². The van der Waals surface area contributed by atoms with Crippen molar-refractivity contribution in [3.63, 3.8) is 0 Å². The molecule has 0 saturated carbocycles. The molecule has 0 aliphatic rings. The van der Waals surface area contributed by atoms with E-state index in [1.807, 2.05) is 21.1 Å². The average Bonchev–Trinajstić information content (AvgIpc) is 3.58. The van der Waals surface area contributed by atoms with Gasteiger partial charge in [0, 0.05) is 12.8 Å². The first-order valence-electron chi connectivity index (χ1n) is 37.2. The number of carbonyl (C=O) groups excluding carboxylic acids is 2. The molecule has 2 atom stereocenters. The standard InChI is InChI=1S/C80H140NO8P/c1-6-8-10-12-14-16-18-20-22-24-26-28-30-32-34-36-38-40-42-44-46-48-50-52-54-56-58-60-62-64-66-68-70-72-79(82)86-76-78(77-88-90(84,85)87-75-74-81(3,4)5)89-80(83)73-71-69-67-65-63-61-59-57-55-53-51-49-47-45-43-41-39-37-35-33-31-29-27-25-23-21-19-17-15-13-11-9-7-2/h9,11,15,17-18,20-21,23-24,26-27,29,33,35,39,41,45,47,51,53,78H,6-8,10,12-14,16,19,22,25,28,30-32,34,36-38,40,42-44,46,48-50,52,54-77H2,1-5H3/b11-9-,17-15-,20-18-,23-21-,26-24-,29-27-,35-33-,41-39-,47-45-,53-51-. The molecule has 0 aliphatic carbocycles. The van der Waals surface area contributed by atoms with E-state index >= 15 is 0 Å². The zero-order chi connectivity index (χ0) is 65.5. The summed E-state index contributed by atoms with van der Waals surface area (Å²) < 4.78 is 34.4. The molecule has 518 valence electrons. The van der Waals surface area contributed by atoms with Crippen LogP contribution >= 0.6 is 7.82 Å². The quantitative estimate of drug-likeness (QED) is 0.0195. The Balaban J connectivity index is 4.05. The van der Waals surface area contributed by atoms with Crippen molar-refractivity contribution in [1.82, 2.24) is 0 Å². The fourth-order valence-electron chi connectivity index (χ4n) is 10.3. The van der Waals surface area contributed by atoms with E-state index < -0.39 is 26.5 Å². The lowest BCUT2D eigenvalue weighted by atomic mass is 10.0. The van der Waals surface area contributed by atoms with Crippen molar-refractivity contribution in [1.29, 1.82) is 0 Å². The summed E-state index contributed by atoms with van der Waals surface area (Å²) in [6.07, 6.45) is 100. The highest BCUT2D eigenvalue weighted by Crippen LogP contribution is 2.38. The summed E-state index contributed by atoms with van der Waals surface area (Å²) in [5, 5.41) is 0. The molecule has 10 heteroatoms. The minimum Gasteiger partial charge on any atom is -0.756 e. The molecule has 0 spiro atoms. The minimum atomic E-state index is -4.65. The van der Waals surface area contributed by atoms with Gasteiger partial charge in [-0.25, -0.2) is 0 Å². The largest absolute Gasteiger partial charge is 0.756 e. The fourth-order valence-corrected chi connectivity index (χ4v) is 11.0. The Labute approximate surface area is 556 Å². The van der Waals surface area contributed by atoms with Gasteiger partial charge in [0.1, 0.15) is 19.8 Å². The third-order valence-corrected chi connectivity index (χ3v) is 16.9. The molecule has 0 rings (SSSR count). The van der Waals surface area contributed by atoms with Crippen LogP contribution in [0.4, 0.5) is 0 Å². The number of hydrogen-bond donors (Lipinski definition) is 0. The summed E-state index contributed by atoms with van der Waals surface area (Å²) >= 11 is 0. The zero-order valence-corrected chi connectivity index (χ0v) is 59.9. The summed E-state index contributed by atoms with van der Waals surface area (Å²) in [5.74, 6) is -0.838. The van der Waals surface area contributed by atoms with Gasteiger partial charge in [0.05, 0.1) is 27.7 Å². The summed E-state index contributed by atoms with van der Waals surface area (Å²) in [6, 6.07) is 0. The Morgan fingerprint density at radius 2 is 0.633 bits per heavy atom. The number of ether oxygens (including phenoxy) is 2. The number of phosphoric ester groups is 1. The second-order valence-electron chi connectivity index (χ2n) is 25.9. The molecule has 90 heavy (non-hydrogen) atoms. The lowest BCUT2D eigenvalue weighted by Gasteiger charge is -2.28. The van der Waals surface area contributed by atoms with Crippen LogP contribution in [0.3, 0.4) is 0 Å². The minimum absolute atomic E-state index is 0.0368. The lowest BCUT2D eigenvalue weighted by molar-refractivity contribution is -0.870. The van der Waals surface area contributed by atoms with E-state index in [1.54, 1.807) is 0 Å². The molecule has 0 bridgehead atoms. The van der Waals surface area contributed by atoms with Crippen LogP contribution in [0, 0.1) is 0 Å². The maximum atomic E-state index is 12.9. The molecule has 0 amide bonds. The molecule has 9 nitrogen and oxygen atoms in total. The second kappa shape index (κ2) is 69.7. The smallest absolute Gasteiger partial charge is 0.306 e. The van der Waals surface area contributed by atoms with E-state index in [2.05, 4.69) is 135 Å². The zero-order valence-electron chi connectivity index (χ0n) is 59.1. The predicted octanol–water partition coefficient (Wildman–Crippen LogP) is 24.0. The third-order valence-electron chi connectivity index (χ3n) is 16.0. The Kier molecular flexibility index (Phi) is 67.0. The molecule has 0 aromatic heterocycles. The predicted molar refractivity (Wildman–Crippen MR) is 388 cm³/mol. The Morgan fingerprint density at radius 3 is 0.944 bits per heavy atom. The number of hydrogen-bond acceptors (Lipinski definition) is 8. The third kappa shape index (κ3) is 73.5. The normalized spacial score (nSPS) is 13.8. The monoisotopic (exact) mass is 1270 g/mol. The Bertz CT molecular complexity index is 1940. The van der Waals surface area contributed by atoms with Gasteiger partial charge in [0.25, 0.3) is 7.82 Å². The van der Waals surface area contributed by atoms with Crippen molar-refractivity contribution in [3.8, 4) is 0 Å². The van der Waals surface area contributed by atoms with E-state index in [0.29, 0.717) is 17.4 Å². The van der Waals surface area contributed by atoms with Crippen LogP contribution < -0.4 is 4.89 Å². The maximum absolute atomic E-state index is 12.9. The number of esters is 2. The van der Waals surface area contributed by atoms with Crippen LogP contribution in [-0.4, -0.2) is 70.0 Å². The molecular formula is C80H140NO8P. The van der Waals surface area contributed by atoms with Gasteiger partial charge < -0.3 is 27.9 Å². The maximum Gasteiger partial charge on any atom is 0.306 e. The van der Waals surface area contributed by atoms with Gasteiger partial charge in [-0.2, -0.15) is 0 Å². The van der Waals surface area contributed by atoms with E-state index in [-0.39, 0.29) is 32.0 Å². The van der Waals surface area contributed by atoms with Gasteiger partial charge in [-0.3, -0.25) is 14.2 Å². The fraction of sp³-hybridized carbons (Fsp3) is 0.725. The van der Waals surface area contributed by atoms with Crippen molar-refractivity contribution in [2.45, 2.75) is 328 Å². The van der Waals surface area contributed by atoms with Gasteiger partial charge in [0.15, 0.2) is 6.10 Å². The summed E-state index contributed by atoms with van der Waals surface area (Å²) in [4.78, 5) is 38.1. The first-order valence-corrected chi connectivity index (χ1v) is 38.7. The highest BCUT2D eigenvalue weighted by molar-refractivity contribution is 7.45. The van der Waals surface area contributed by atoms with Crippen molar-refractivity contribution >= 4 is 19.8 Å². The van der Waals surface area contributed by atoms with Gasteiger partial charge in [-0.1, -0.05) is 322 Å². The Morgan fingerprint density at radius 1 is 0.356 bits per heavy atom. The van der Waals surface area contributed by atoms with E-state index in [4.69, 9.17) is 18.5 Å². The van der Waals surface area contributed by atoms with Crippen LogP contribution in [0.1, 0.15) is 322 Å². The number of nitrogens with zero attached hydrogens (tertiary/aromatic N) is 1. The topological polar surface area (TPSA) is 111 Å². The molecule has 0 aromatic carbocycles. The first kappa shape index (κ1) is 86.4. The van der Waals surface area contributed by atoms with Crippen LogP contribution in [-0.2, 0) is 32.7 Å². The molecule has 0 saturated heterocycles. The van der Waals surface area contributed by atoms with Gasteiger partial charge in [0.2, 0.25) is 0 Å². The van der Waals surface area contributed by atoms with Crippen LogP contribution in [0.25, 0.3) is 0 Å². The summed E-state index contributed by atoms with van der Waals surface area (Å²) in [7, 11) is 1.16. The average molecular weight is 1270 g/mol. The van der Waals surface area contributed by atoms with Crippen LogP contribution in [0.5, 0.6) is 0 Å². The summed E-state index contributed by atoms with van der Waals surface area (Å²) in [5.41, 5.74) is 0. The van der Waals surface area contributed by atoms with E-state index in [0.717, 1.165) is 103 Å². The van der Waals surface area contributed by atoms with Crippen molar-refractivity contribution in [3.05, 3.63) is 122 Å². The van der Waals surface area contributed by atoms with Crippen molar-refractivity contribution in [2.24, 2.45) is 0 Å². The van der Waals surface area contributed by atoms with Gasteiger partial charge >= 0.3 is 11.9 Å². The van der Waals surface area contributed by atoms with E-state index in [9.17, 15) is 19.0 Å². The molecule has 2 unspecified atom stereocenters. The number of phosphoric acid groups is 1. The number of likely N-dealkylation sites (N-methyl/N-ethyl adjacent to an activating group) is 1. The van der Waals surface area contributed by atoms with Gasteiger partial charge in [-0.15, -0.1) is 0 Å². The molecule has 0 heterocycles. The van der Waals surface area contributed by atoms with Crippen molar-refractivity contribution < 1.29 is 42.1 Å². The molecule has 0 fully saturated rings. The van der Waals surface area contributed by atoms with Crippen LogP contribution in [0.15, 0.2) is 122 Å². The highest BCUT2D eigenvalue weighted by atomic mass is 31.2. The number of quaternary nitrogens is 1. The summed E-state index contributed by atoms with van der Waals surface area (Å²) in [6.45, 7) is 4.13. The number of unbranched alkanes of at least 4 members (excludes halogenated alkanes) is 34. The van der Waals surface area contributed by atoms with Crippen LogP contribution in [0.2, 0.25) is 0 Å². The second-order valence-corrected chi connectivity index (χ2v) is 27.3. The Hall–Kier alpha value is -3.59. The highest BCUT2D eigenvalue weighted by Gasteiger charge is 2.22. The molecule has 0 aliphatic heterocycles. The number of allylic oxidation sites excluding steroid dienone is 20. The number of carbonyl (C=O) groups is 2.